The van der Waals surface area contributed by atoms with Crippen LogP contribution >= 0.6 is 15.9 Å². The minimum atomic E-state index is -0.635. The Morgan fingerprint density at radius 3 is 2.48 bits per heavy atom. The van der Waals surface area contributed by atoms with Crippen molar-refractivity contribution in [3.05, 3.63) is 23.8 Å². The second-order valence-corrected chi connectivity index (χ2v) is 7.23. The first-order valence-corrected chi connectivity index (χ1v) is 7.89. The topological polar surface area (TPSA) is 55.4 Å². The van der Waals surface area contributed by atoms with Crippen LogP contribution in [0.4, 0.5) is 5.69 Å². The van der Waals surface area contributed by atoms with Crippen LogP contribution < -0.4 is 10.1 Å². The number of amides is 1. The normalized spacial score (nSPS) is 11.1. The molecule has 0 heterocycles. The van der Waals surface area contributed by atoms with Crippen molar-refractivity contribution < 1.29 is 14.3 Å². The maximum Gasteiger partial charge on any atom is 0.224 e. The second kappa shape index (κ2) is 7.59. The molecule has 0 spiro atoms. The number of carbonyl (C=O) groups is 2. The standard InChI is InChI=1S/C16H22BrNO3/c1-5-7-14(19)18-12-9-8-11(10-13(12)21-6-2)15(20)16(3,4)17/h8-10H,5-7H2,1-4H3,(H,18,19). The van der Waals surface area contributed by atoms with Gasteiger partial charge in [0.25, 0.3) is 0 Å². The summed E-state index contributed by atoms with van der Waals surface area (Å²) in [7, 11) is 0. The lowest BCUT2D eigenvalue weighted by Gasteiger charge is -2.17. The summed E-state index contributed by atoms with van der Waals surface area (Å²) in [4.78, 5) is 24.0. The van der Waals surface area contributed by atoms with E-state index in [1.54, 1.807) is 32.0 Å². The molecule has 0 bridgehead atoms. The molecule has 0 saturated carbocycles. The Hall–Kier alpha value is -1.36. The van der Waals surface area contributed by atoms with Crippen molar-refractivity contribution in [2.24, 2.45) is 0 Å². The highest BCUT2D eigenvalue weighted by Crippen LogP contribution is 2.30. The van der Waals surface area contributed by atoms with Gasteiger partial charge in [0, 0.05) is 12.0 Å². The third-order valence-corrected chi connectivity index (χ3v) is 3.19. The number of rotatable bonds is 7. The molecule has 21 heavy (non-hydrogen) atoms. The maximum absolute atomic E-state index is 12.3. The summed E-state index contributed by atoms with van der Waals surface area (Å²) in [5.41, 5.74) is 1.15. The summed E-state index contributed by atoms with van der Waals surface area (Å²) in [6.07, 6.45) is 1.24. The summed E-state index contributed by atoms with van der Waals surface area (Å²) in [6.45, 7) is 7.87. The van der Waals surface area contributed by atoms with E-state index in [1.165, 1.54) is 0 Å². The van der Waals surface area contributed by atoms with Gasteiger partial charge in [0.05, 0.1) is 16.6 Å². The highest BCUT2D eigenvalue weighted by molar-refractivity contribution is 9.10. The fourth-order valence-electron chi connectivity index (χ4n) is 1.82. The van der Waals surface area contributed by atoms with Gasteiger partial charge in [0.2, 0.25) is 5.91 Å². The average Bonchev–Trinajstić information content (AvgIpc) is 2.39. The monoisotopic (exact) mass is 355 g/mol. The molecule has 1 aromatic rings. The zero-order valence-electron chi connectivity index (χ0n) is 13.0. The number of halogens is 1. The van der Waals surface area contributed by atoms with Gasteiger partial charge in [-0.25, -0.2) is 0 Å². The highest BCUT2D eigenvalue weighted by Gasteiger charge is 2.25. The fourth-order valence-corrected chi connectivity index (χ4v) is 2.05. The molecule has 0 unspecified atom stereocenters. The van der Waals surface area contributed by atoms with E-state index >= 15 is 0 Å². The molecular formula is C16H22BrNO3. The van der Waals surface area contributed by atoms with E-state index in [0.717, 1.165) is 6.42 Å². The number of nitrogens with one attached hydrogen (secondary N) is 1. The van der Waals surface area contributed by atoms with Gasteiger partial charge < -0.3 is 10.1 Å². The van der Waals surface area contributed by atoms with Crippen molar-refractivity contribution in [3.8, 4) is 5.75 Å². The molecule has 1 rings (SSSR count). The smallest absolute Gasteiger partial charge is 0.224 e. The zero-order valence-corrected chi connectivity index (χ0v) is 14.5. The second-order valence-electron chi connectivity index (χ2n) is 5.24. The van der Waals surface area contributed by atoms with Crippen molar-refractivity contribution in [2.45, 2.75) is 44.9 Å². The molecule has 1 N–H and O–H groups in total. The molecule has 1 aromatic carbocycles. The third-order valence-electron chi connectivity index (χ3n) is 2.83. The van der Waals surface area contributed by atoms with E-state index in [9.17, 15) is 9.59 Å². The Balaban J connectivity index is 3.07. The van der Waals surface area contributed by atoms with Gasteiger partial charge in [0.1, 0.15) is 5.75 Å². The molecule has 116 valence electrons. The van der Waals surface area contributed by atoms with Crippen molar-refractivity contribution in [1.29, 1.82) is 0 Å². The van der Waals surface area contributed by atoms with Crippen LogP contribution in [-0.4, -0.2) is 22.6 Å². The van der Waals surface area contributed by atoms with Crippen LogP contribution in [0.25, 0.3) is 0 Å². The number of hydrogen-bond donors (Lipinski definition) is 1. The molecule has 0 saturated heterocycles. The summed E-state index contributed by atoms with van der Waals surface area (Å²) < 4.78 is 4.90. The molecular weight excluding hydrogens is 334 g/mol. The lowest BCUT2D eigenvalue weighted by molar-refractivity contribution is -0.116. The van der Waals surface area contributed by atoms with E-state index in [-0.39, 0.29) is 11.7 Å². The Kier molecular flexibility index (Phi) is 6.40. The number of benzene rings is 1. The van der Waals surface area contributed by atoms with Crippen molar-refractivity contribution in [3.63, 3.8) is 0 Å². The number of Topliss-reactive ketones (excluding diaryl/α,β-unsaturated/α-hetero) is 1. The minimum Gasteiger partial charge on any atom is -0.492 e. The van der Waals surface area contributed by atoms with Gasteiger partial charge in [-0.15, -0.1) is 0 Å². The number of hydrogen-bond acceptors (Lipinski definition) is 3. The first-order valence-electron chi connectivity index (χ1n) is 7.10. The van der Waals surface area contributed by atoms with Gasteiger partial charge in [-0.3, -0.25) is 9.59 Å². The molecule has 0 aromatic heterocycles. The molecule has 0 radical (unpaired) electrons. The number of anilines is 1. The summed E-state index contributed by atoms with van der Waals surface area (Å²) in [6, 6.07) is 5.09. The predicted octanol–water partition coefficient (Wildman–Crippen LogP) is 4.18. The largest absolute Gasteiger partial charge is 0.492 e. The minimum absolute atomic E-state index is 0.0325. The van der Waals surface area contributed by atoms with Gasteiger partial charge >= 0.3 is 0 Å². The van der Waals surface area contributed by atoms with E-state index < -0.39 is 4.32 Å². The fraction of sp³-hybridized carbons (Fsp3) is 0.500. The van der Waals surface area contributed by atoms with Crippen LogP contribution in [0.1, 0.15) is 50.9 Å². The molecule has 0 aliphatic rings. The van der Waals surface area contributed by atoms with Gasteiger partial charge in [-0.2, -0.15) is 0 Å². The molecule has 5 heteroatoms. The predicted molar refractivity (Wildman–Crippen MR) is 88.5 cm³/mol. The molecule has 0 aliphatic carbocycles. The first-order chi connectivity index (χ1) is 9.79. The summed E-state index contributed by atoms with van der Waals surface area (Å²) in [5.74, 6) is 0.429. The first kappa shape index (κ1) is 17.7. The molecule has 1 amide bonds. The quantitative estimate of drug-likeness (QED) is 0.589. The van der Waals surface area contributed by atoms with Gasteiger partial charge in [0.15, 0.2) is 5.78 Å². The van der Waals surface area contributed by atoms with Gasteiger partial charge in [-0.05, 0) is 45.4 Å². The van der Waals surface area contributed by atoms with E-state index in [1.807, 2.05) is 13.8 Å². The van der Waals surface area contributed by atoms with Crippen LogP contribution in [0.15, 0.2) is 18.2 Å². The molecule has 0 atom stereocenters. The SMILES string of the molecule is CCCC(=O)Nc1ccc(C(=O)C(C)(C)Br)cc1OCC. The Labute approximate surface area is 134 Å². The number of ether oxygens (including phenoxy) is 1. The maximum atomic E-state index is 12.3. The van der Waals surface area contributed by atoms with Gasteiger partial charge in [-0.1, -0.05) is 22.9 Å². The van der Waals surface area contributed by atoms with Crippen LogP contribution in [0.2, 0.25) is 0 Å². The zero-order chi connectivity index (χ0) is 16.0. The van der Waals surface area contributed by atoms with Crippen LogP contribution in [-0.2, 0) is 4.79 Å². The van der Waals surface area contributed by atoms with E-state index in [0.29, 0.717) is 30.0 Å². The van der Waals surface area contributed by atoms with E-state index in [4.69, 9.17) is 4.74 Å². The summed E-state index contributed by atoms with van der Waals surface area (Å²) in [5, 5.41) is 2.81. The van der Waals surface area contributed by atoms with Crippen LogP contribution in [0, 0.1) is 0 Å². The summed E-state index contributed by atoms with van der Waals surface area (Å²) >= 11 is 3.36. The molecule has 4 nitrogen and oxygen atoms in total. The highest BCUT2D eigenvalue weighted by atomic mass is 79.9. The van der Waals surface area contributed by atoms with Crippen LogP contribution in [0.5, 0.6) is 5.75 Å². The number of carbonyl (C=O) groups excluding carboxylic acids is 2. The van der Waals surface area contributed by atoms with Crippen molar-refractivity contribution >= 4 is 33.3 Å². The lowest BCUT2D eigenvalue weighted by atomic mass is 10.0. The molecule has 0 aliphatic heterocycles. The number of alkyl halides is 1. The van der Waals surface area contributed by atoms with Crippen molar-refractivity contribution in [1.82, 2.24) is 0 Å². The molecule has 0 fully saturated rings. The Morgan fingerprint density at radius 1 is 1.29 bits per heavy atom. The van der Waals surface area contributed by atoms with E-state index in [2.05, 4.69) is 21.2 Å². The Bertz CT molecular complexity index is 521. The Morgan fingerprint density at radius 2 is 1.95 bits per heavy atom. The van der Waals surface area contributed by atoms with Crippen LogP contribution in [0.3, 0.4) is 0 Å². The average molecular weight is 356 g/mol. The lowest BCUT2D eigenvalue weighted by Crippen LogP contribution is -2.24. The number of ketones is 1. The third kappa shape index (κ3) is 5.16. The van der Waals surface area contributed by atoms with Crippen molar-refractivity contribution in [2.75, 3.05) is 11.9 Å².